The molecule has 0 spiro atoms. The van der Waals surface area contributed by atoms with Crippen molar-refractivity contribution in [2.75, 3.05) is 24.5 Å². The molecule has 3 aliphatic rings. The van der Waals surface area contributed by atoms with Crippen LogP contribution in [-0.2, 0) is 17.8 Å². The first-order valence-corrected chi connectivity index (χ1v) is 10.5. The number of hydrogen-bond donors (Lipinski definition) is 0. The smallest absolute Gasteiger partial charge is 0.227 e. The molecule has 6 heteroatoms. The summed E-state index contributed by atoms with van der Waals surface area (Å²) in [7, 11) is 0. The zero-order valence-electron chi connectivity index (χ0n) is 15.1. The summed E-state index contributed by atoms with van der Waals surface area (Å²) in [5, 5.41) is 2.14. The maximum atomic E-state index is 13.0. The van der Waals surface area contributed by atoms with Crippen LogP contribution in [0.15, 0.2) is 17.5 Å². The minimum absolute atomic E-state index is 0.0924. The summed E-state index contributed by atoms with van der Waals surface area (Å²) < 4.78 is 0. The van der Waals surface area contributed by atoms with Crippen molar-refractivity contribution in [3.05, 3.63) is 39.5 Å². The molecule has 2 aromatic heterocycles. The molecule has 1 saturated carbocycles. The molecular formula is C20H24N4OS. The zero-order chi connectivity index (χ0) is 17.7. The quantitative estimate of drug-likeness (QED) is 0.835. The van der Waals surface area contributed by atoms with Crippen molar-refractivity contribution in [1.29, 1.82) is 0 Å². The van der Waals surface area contributed by atoms with Gasteiger partial charge < -0.3 is 9.80 Å². The molecule has 0 aromatic carbocycles. The Bertz CT molecular complexity index is 844. The van der Waals surface area contributed by atoms with E-state index in [-0.39, 0.29) is 5.92 Å². The van der Waals surface area contributed by atoms with E-state index in [1.165, 1.54) is 23.3 Å². The fourth-order valence-electron chi connectivity index (χ4n) is 4.13. The topological polar surface area (TPSA) is 49.3 Å². The number of nitrogens with zero attached hydrogens (tertiary/aromatic N) is 4. The van der Waals surface area contributed by atoms with Crippen molar-refractivity contribution in [1.82, 2.24) is 14.9 Å². The summed E-state index contributed by atoms with van der Waals surface area (Å²) in [5.74, 6) is 2.97. The first-order chi connectivity index (χ1) is 12.7. The maximum absolute atomic E-state index is 13.0. The number of aryl methyl sites for hydroxylation is 1. The Kier molecular flexibility index (Phi) is 3.96. The third kappa shape index (κ3) is 3.00. The number of hydrogen-bond acceptors (Lipinski definition) is 5. The number of fused-ring (bicyclic) bond motifs is 1. The first-order valence-electron chi connectivity index (χ1n) is 9.62. The summed E-state index contributed by atoms with van der Waals surface area (Å²) in [4.78, 5) is 28.2. The van der Waals surface area contributed by atoms with Crippen LogP contribution in [0.5, 0.6) is 0 Å². The lowest BCUT2D eigenvalue weighted by atomic mass is 10.0. The summed E-state index contributed by atoms with van der Waals surface area (Å²) in [6.07, 6.45) is 4.35. The average molecular weight is 369 g/mol. The summed E-state index contributed by atoms with van der Waals surface area (Å²) in [6.45, 7) is 5.39. The molecule has 4 heterocycles. The Morgan fingerprint density at radius 2 is 2.12 bits per heavy atom. The number of rotatable bonds is 3. The molecule has 1 amide bonds. The van der Waals surface area contributed by atoms with Crippen molar-refractivity contribution in [3.63, 3.8) is 0 Å². The summed E-state index contributed by atoms with van der Waals surface area (Å²) in [6, 6.07) is 4.24. The highest BCUT2D eigenvalue weighted by molar-refractivity contribution is 7.10. The Morgan fingerprint density at radius 3 is 2.96 bits per heavy atom. The van der Waals surface area contributed by atoms with E-state index in [0.717, 1.165) is 56.4 Å². The number of carbonyl (C=O) groups excluding carboxylic acids is 1. The standard InChI is InChI=1S/C20H24N4OS/c1-13-10-18(22-19(21-13)14-2-3-14)23-7-4-16(12-23)20(25)24-8-5-17-15(11-24)6-9-26-17/h6,9-10,14,16H,2-5,7-8,11-12H2,1H3. The molecular weight excluding hydrogens is 344 g/mol. The molecule has 1 unspecified atom stereocenters. The van der Waals surface area contributed by atoms with Gasteiger partial charge in [-0.25, -0.2) is 9.97 Å². The Balaban J connectivity index is 1.28. The van der Waals surface area contributed by atoms with E-state index in [1.807, 2.05) is 18.3 Å². The summed E-state index contributed by atoms with van der Waals surface area (Å²) in [5.41, 5.74) is 2.37. The zero-order valence-corrected chi connectivity index (χ0v) is 16.0. The van der Waals surface area contributed by atoms with E-state index in [0.29, 0.717) is 11.8 Å². The lowest BCUT2D eigenvalue weighted by molar-refractivity contribution is -0.135. The van der Waals surface area contributed by atoms with E-state index in [9.17, 15) is 4.79 Å². The van der Waals surface area contributed by atoms with Crippen LogP contribution < -0.4 is 4.90 Å². The second kappa shape index (κ2) is 6.34. The van der Waals surface area contributed by atoms with Gasteiger partial charge in [0.15, 0.2) is 0 Å². The molecule has 0 bridgehead atoms. The van der Waals surface area contributed by atoms with Crippen molar-refractivity contribution >= 4 is 23.1 Å². The molecule has 0 radical (unpaired) electrons. The van der Waals surface area contributed by atoms with Gasteiger partial charge in [0.1, 0.15) is 11.6 Å². The molecule has 26 heavy (non-hydrogen) atoms. The minimum Gasteiger partial charge on any atom is -0.356 e. The highest BCUT2D eigenvalue weighted by Gasteiger charge is 2.34. The number of thiophene rings is 1. The molecule has 2 aromatic rings. The third-order valence-electron chi connectivity index (χ3n) is 5.78. The predicted octanol–water partition coefficient (Wildman–Crippen LogP) is 3.14. The number of amides is 1. The fraction of sp³-hybridized carbons (Fsp3) is 0.550. The average Bonchev–Trinajstić information content (AvgIpc) is 3.19. The Labute approximate surface area is 158 Å². The maximum Gasteiger partial charge on any atom is 0.227 e. The Hall–Kier alpha value is -1.95. The van der Waals surface area contributed by atoms with Crippen LogP contribution in [0.3, 0.4) is 0 Å². The van der Waals surface area contributed by atoms with Gasteiger partial charge in [-0.1, -0.05) is 0 Å². The molecule has 0 N–H and O–H groups in total. The van der Waals surface area contributed by atoms with Gasteiger partial charge in [0.05, 0.1) is 5.92 Å². The van der Waals surface area contributed by atoms with Gasteiger partial charge in [0.2, 0.25) is 5.91 Å². The second-order valence-corrected chi connectivity index (χ2v) is 8.81. The molecule has 1 aliphatic carbocycles. The summed E-state index contributed by atoms with van der Waals surface area (Å²) >= 11 is 1.82. The van der Waals surface area contributed by atoms with Gasteiger partial charge in [0, 0.05) is 48.7 Å². The Morgan fingerprint density at radius 1 is 1.23 bits per heavy atom. The van der Waals surface area contributed by atoms with E-state index in [2.05, 4.69) is 32.3 Å². The van der Waals surface area contributed by atoms with Crippen LogP contribution in [-0.4, -0.2) is 40.4 Å². The van der Waals surface area contributed by atoms with Gasteiger partial charge in [-0.05, 0) is 49.6 Å². The number of anilines is 1. The van der Waals surface area contributed by atoms with Crippen LogP contribution >= 0.6 is 11.3 Å². The minimum atomic E-state index is 0.0924. The monoisotopic (exact) mass is 368 g/mol. The SMILES string of the molecule is Cc1cc(N2CCC(C(=O)N3CCc4sccc4C3)C2)nc(C2CC2)n1. The highest BCUT2D eigenvalue weighted by atomic mass is 32.1. The van der Waals surface area contributed by atoms with Crippen LogP contribution in [0, 0.1) is 12.8 Å². The van der Waals surface area contributed by atoms with Crippen molar-refractivity contribution in [3.8, 4) is 0 Å². The molecule has 1 atom stereocenters. The van der Waals surface area contributed by atoms with E-state index < -0.39 is 0 Å². The van der Waals surface area contributed by atoms with Crippen molar-refractivity contribution < 1.29 is 4.79 Å². The molecule has 2 aliphatic heterocycles. The van der Waals surface area contributed by atoms with Gasteiger partial charge in [-0.3, -0.25) is 4.79 Å². The van der Waals surface area contributed by atoms with Crippen molar-refractivity contribution in [2.24, 2.45) is 5.92 Å². The number of carbonyl (C=O) groups is 1. The fourth-order valence-corrected chi connectivity index (χ4v) is 5.01. The molecule has 1 saturated heterocycles. The largest absolute Gasteiger partial charge is 0.356 e. The normalized spacial score (nSPS) is 22.6. The number of aromatic nitrogens is 2. The molecule has 136 valence electrons. The van der Waals surface area contributed by atoms with Gasteiger partial charge in [-0.2, -0.15) is 0 Å². The van der Waals surface area contributed by atoms with Gasteiger partial charge in [-0.15, -0.1) is 11.3 Å². The van der Waals surface area contributed by atoms with Crippen LogP contribution in [0.2, 0.25) is 0 Å². The highest BCUT2D eigenvalue weighted by Crippen LogP contribution is 2.39. The lowest BCUT2D eigenvalue weighted by Crippen LogP contribution is -2.40. The van der Waals surface area contributed by atoms with Crippen LogP contribution in [0.1, 0.15) is 47.1 Å². The lowest BCUT2D eigenvalue weighted by Gasteiger charge is -2.29. The van der Waals surface area contributed by atoms with Crippen LogP contribution in [0.4, 0.5) is 5.82 Å². The predicted molar refractivity (Wildman–Crippen MR) is 103 cm³/mol. The molecule has 2 fully saturated rings. The van der Waals surface area contributed by atoms with E-state index in [4.69, 9.17) is 4.98 Å². The second-order valence-electron chi connectivity index (χ2n) is 7.81. The van der Waals surface area contributed by atoms with Gasteiger partial charge >= 0.3 is 0 Å². The van der Waals surface area contributed by atoms with E-state index >= 15 is 0 Å². The molecule has 5 nitrogen and oxygen atoms in total. The van der Waals surface area contributed by atoms with Crippen molar-refractivity contribution in [2.45, 2.75) is 45.1 Å². The molecule has 5 rings (SSSR count). The van der Waals surface area contributed by atoms with Gasteiger partial charge in [0.25, 0.3) is 0 Å². The van der Waals surface area contributed by atoms with E-state index in [1.54, 1.807) is 0 Å². The first kappa shape index (κ1) is 16.2. The third-order valence-corrected chi connectivity index (χ3v) is 6.80. The van der Waals surface area contributed by atoms with Crippen LogP contribution in [0.25, 0.3) is 0 Å².